The average Bonchev–Trinajstić information content (AvgIpc) is 1.81. The van der Waals surface area contributed by atoms with Crippen molar-refractivity contribution in [3.05, 3.63) is 0 Å². The van der Waals surface area contributed by atoms with Crippen LogP contribution < -0.4 is 0 Å². The van der Waals surface area contributed by atoms with E-state index in [1.807, 2.05) is 0 Å². The van der Waals surface area contributed by atoms with Gasteiger partial charge in [0.05, 0.1) is 0 Å². The van der Waals surface area contributed by atoms with E-state index in [9.17, 15) is 0 Å². The van der Waals surface area contributed by atoms with E-state index >= 15 is 0 Å². The molecule has 0 radical (unpaired) electrons. The molecule has 0 aromatic rings. The van der Waals surface area contributed by atoms with Crippen LogP contribution in [0, 0.1) is 11.8 Å². The van der Waals surface area contributed by atoms with Crippen molar-refractivity contribution in [2.45, 2.75) is 13.8 Å². The summed E-state index contributed by atoms with van der Waals surface area (Å²) in [5.74, 6) is 2.48. The van der Waals surface area contributed by atoms with Gasteiger partial charge in [-0.2, -0.15) is 12.6 Å². The molecule has 0 aromatic carbocycles. The van der Waals surface area contributed by atoms with Crippen LogP contribution in [0.5, 0.6) is 0 Å². The molecule has 0 aliphatic heterocycles. The van der Waals surface area contributed by atoms with Gasteiger partial charge in [-0.1, -0.05) is 13.8 Å². The highest BCUT2D eigenvalue weighted by Gasteiger charge is 2.11. The summed E-state index contributed by atoms with van der Waals surface area (Å²) in [5.41, 5.74) is 0. The predicted molar refractivity (Wildman–Crippen MR) is 50.7 cm³/mol. The normalized spacial score (nSPS) is 14.7. The Kier molecular flexibility index (Phi) is 5.18. The smallest absolute Gasteiger partial charge is 0.00138 e. The molecule has 0 aliphatic carbocycles. The van der Waals surface area contributed by atoms with E-state index in [1.54, 1.807) is 0 Å². The number of hydrogen-bond donors (Lipinski definition) is 1. The zero-order valence-electron chi connectivity index (χ0n) is 7.46. The van der Waals surface area contributed by atoms with Gasteiger partial charge in [0.2, 0.25) is 0 Å². The minimum absolute atomic E-state index is 0.735. The van der Waals surface area contributed by atoms with Gasteiger partial charge < -0.3 is 4.90 Å². The molecule has 0 saturated carbocycles. The third-order valence-corrected chi connectivity index (χ3v) is 2.25. The third-order valence-electron chi connectivity index (χ3n) is 1.78. The fraction of sp³-hybridized carbons (Fsp3) is 1.00. The summed E-state index contributed by atoms with van der Waals surface area (Å²) >= 11 is 4.30. The lowest BCUT2D eigenvalue weighted by atomic mass is 9.98. The van der Waals surface area contributed by atoms with E-state index in [0.29, 0.717) is 0 Å². The number of hydrogen-bond acceptors (Lipinski definition) is 2. The van der Waals surface area contributed by atoms with Crippen molar-refractivity contribution < 1.29 is 0 Å². The molecule has 0 fully saturated rings. The summed E-state index contributed by atoms with van der Waals surface area (Å²) in [7, 11) is 4.22. The molecule has 0 aliphatic rings. The van der Waals surface area contributed by atoms with Crippen LogP contribution in [-0.2, 0) is 0 Å². The van der Waals surface area contributed by atoms with Crippen molar-refractivity contribution in [2.75, 3.05) is 26.4 Å². The van der Waals surface area contributed by atoms with Crippen LogP contribution in [0.2, 0.25) is 0 Å². The van der Waals surface area contributed by atoms with Gasteiger partial charge in [0, 0.05) is 6.54 Å². The summed E-state index contributed by atoms with van der Waals surface area (Å²) in [6.45, 7) is 5.66. The predicted octanol–water partition coefficient (Wildman–Crippen LogP) is 1.75. The molecule has 0 heterocycles. The molecule has 0 spiro atoms. The number of nitrogens with zero attached hydrogens (tertiary/aromatic N) is 1. The first-order valence-electron chi connectivity index (χ1n) is 3.83. The molecule has 2 heteroatoms. The highest BCUT2D eigenvalue weighted by atomic mass is 32.1. The van der Waals surface area contributed by atoms with Crippen molar-refractivity contribution in [3.63, 3.8) is 0 Å². The Morgan fingerprint density at radius 1 is 1.30 bits per heavy atom. The first kappa shape index (κ1) is 10.3. The van der Waals surface area contributed by atoms with Crippen LogP contribution in [0.4, 0.5) is 0 Å². The summed E-state index contributed by atoms with van der Waals surface area (Å²) in [6, 6.07) is 0. The standard InChI is InChI=1S/C8H19NS/c1-7(2)8(6-10)5-9(3)4/h7-8,10H,5-6H2,1-4H3. The minimum atomic E-state index is 0.735. The van der Waals surface area contributed by atoms with E-state index in [1.165, 1.54) is 0 Å². The van der Waals surface area contributed by atoms with Gasteiger partial charge in [-0.15, -0.1) is 0 Å². The second-order valence-electron chi connectivity index (χ2n) is 3.45. The molecule has 0 amide bonds. The molecule has 1 unspecified atom stereocenters. The van der Waals surface area contributed by atoms with Gasteiger partial charge in [0.15, 0.2) is 0 Å². The van der Waals surface area contributed by atoms with Crippen LogP contribution in [0.3, 0.4) is 0 Å². The lowest BCUT2D eigenvalue weighted by Crippen LogP contribution is -2.26. The molecule has 0 aromatic heterocycles. The quantitative estimate of drug-likeness (QED) is 0.615. The zero-order chi connectivity index (χ0) is 8.15. The Morgan fingerprint density at radius 2 is 1.80 bits per heavy atom. The lowest BCUT2D eigenvalue weighted by molar-refractivity contribution is 0.291. The van der Waals surface area contributed by atoms with Crippen molar-refractivity contribution in [2.24, 2.45) is 11.8 Å². The van der Waals surface area contributed by atoms with Gasteiger partial charge in [-0.25, -0.2) is 0 Å². The van der Waals surface area contributed by atoms with Gasteiger partial charge in [0.1, 0.15) is 0 Å². The maximum atomic E-state index is 4.30. The Balaban J connectivity index is 3.60. The van der Waals surface area contributed by atoms with Crippen molar-refractivity contribution in [3.8, 4) is 0 Å². The van der Waals surface area contributed by atoms with Crippen molar-refractivity contribution in [1.29, 1.82) is 0 Å². The van der Waals surface area contributed by atoms with Gasteiger partial charge in [-0.3, -0.25) is 0 Å². The van der Waals surface area contributed by atoms with E-state index < -0.39 is 0 Å². The number of thiol groups is 1. The fourth-order valence-electron chi connectivity index (χ4n) is 0.948. The Morgan fingerprint density at radius 3 is 1.90 bits per heavy atom. The van der Waals surface area contributed by atoms with E-state index in [4.69, 9.17) is 0 Å². The SMILES string of the molecule is CC(C)C(CS)CN(C)C. The highest BCUT2D eigenvalue weighted by Crippen LogP contribution is 2.12. The molecule has 0 rings (SSSR count). The van der Waals surface area contributed by atoms with Crippen LogP contribution in [0.25, 0.3) is 0 Å². The number of rotatable bonds is 4. The fourth-order valence-corrected chi connectivity index (χ4v) is 1.49. The Labute approximate surface area is 70.2 Å². The first-order chi connectivity index (χ1) is 4.57. The highest BCUT2D eigenvalue weighted by molar-refractivity contribution is 7.80. The Bertz CT molecular complexity index is 81.3. The van der Waals surface area contributed by atoms with Gasteiger partial charge >= 0.3 is 0 Å². The molecular weight excluding hydrogens is 142 g/mol. The summed E-state index contributed by atoms with van der Waals surface area (Å²) in [4.78, 5) is 2.22. The summed E-state index contributed by atoms with van der Waals surface area (Å²) in [5, 5.41) is 0. The summed E-state index contributed by atoms with van der Waals surface area (Å²) < 4.78 is 0. The molecule has 0 saturated heterocycles. The molecule has 62 valence electrons. The van der Waals surface area contributed by atoms with Gasteiger partial charge in [0.25, 0.3) is 0 Å². The van der Waals surface area contributed by atoms with E-state index in [0.717, 1.165) is 24.1 Å². The van der Waals surface area contributed by atoms with Crippen molar-refractivity contribution in [1.82, 2.24) is 4.90 Å². The van der Waals surface area contributed by atoms with Crippen LogP contribution in [0.15, 0.2) is 0 Å². The van der Waals surface area contributed by atoms with E-state index in [2.05, 4.69) is 45.5 Å². The Hall–Kier alpha value is 0.310. The maximum absolute atomic E-state index is 4.30. The summed E-state index contributed by atoms with van der Waals surface area (Å²) in [6.07, 6.45) is 0. The zero-order valence-corrected chi connectivity index (χ0v) is 8.36. The largest absolute Gasteiger partial charge is 0.309 e. The maximum Gasteiger partial charge on any atom is 0.00138 e. The van der Waals surface area contributed by atoms with E-state index in [-0.39, 0.29) is 0 Å². The second kappa shape index (κ2) is 5.03. The molecule has 0 N–H and O–H groups in total. The first-order valence-corrected chi connectivity index (χ1v) is 4.46. The van der Waals surface area contributed by atoms with Crippen LogP contribution >= 0.6 is 12.6 Å². The van der Waals surface area contributed by atoms with Crippen LogP contribution in [0.1, 0.15) is 13.8 Å². The molecular formula is C8H19NS. The third kappa shape index (κ3) is 4.18. The lowest BCUT2D eigenvalue weighted by Gasteiger charge is -2.22. The van der Waals surface area contributed by atoms with Crippen molar-refractivity contribution >= 4 is 12.6 Å². The molecule has 1 atom stereocenters. The molecule has 1 nitrogen and oxygen atoms in total. The second-order valence-corrected chi connectivity index (χ2v) is 3.81. The minimum Gasteiger partial charge on any atom is -0.309 e. The molecule has 10 heavy (non-hydrogen) atoms. The topological polar surface area (TPSA) is 3.24 Å². The van der Waals surface area contributed by atoms with Gasteiger partial charge in [-0.05, 0) is 31.7 Å². The van der Waals surface area contributed by atoms with Crippen LogP contribution in [-0.4, -0.2) is 31.3 Å². The molecule has 0 bridgehead atoms. The monoisotopic (exact) mass is 161 g/mol. The average molecular weight is 161 g/mol.